The second-order valence-electron chi connectivity index (χ2n) is 6.42. The van der Waals surface area contributed by atoms with Gasteiger partial charge in [0.1, 0.15) is 11.6 Å². The van der Waals surface area contributed by atoms with Gasteiger partial charge in [-0.3, -0.25) is 14.9 Å². The molecule has 1 aliphatic rings. The zero-order valence-electron chi connectivity index (χ0n) is 14.0. The van der Waals surface area contributed by atoms with Gasteiger partial charge in [0.25, 0.3) is 11.6 Å². The monoisotopic (exact) mass is 345 g/mol. The number of nitro groups is 1. The first-order valence-corrected chi connectivity index (χ1v) is 8.08. The summed E-state index contributed by atoms with van der Waals surface area (Å²) in [6, 6.07) is 2.96. The van der Waals surface area contributed by atoms with Crippen LogP contribution in [0.5, 0.6) is 5.75 Å². The molecule has 0 unspecified atom stereocenters. The average Bonchev–Trinajstić information content (AvgIpc) is 3.15. The van der Waals surface area contributed by atoms with Crippen LogP contribution in [0.3, 0.4) is 0 Å². The number of hydrogen-bond donors (Lipinski definition) is 2. The van der Waals surface area contributed by atoms with Crippen LogP contribution < -0.4 is 5.32 Å². The molecular weight excluding hydrogens is 326 g/mol. The van der Waals surface area contributed by atoms with E-state index in [4.69, 9.17) is 0 Å². The molecule has 1 amide bonds. The minimum Gasteiger partial charge on any atom is -0.508 e. The van der Waals surface area contributed by atoms with E-state index in [1.54, 1.807) is 0 Å². The van der Waals surface area contributed by atoms with Gasteiger partial charge in [-0.25, -0.2) is 0 Å². The summed E-state index contributed by atoms with van der Waals surface area (Å²) in [6.07, 6.45) is 1.86. The van der Waals surface area contributed by atoms with Crippen LogP contribution in [0.25, 0.3) is 0 Å². The fourth-order valence-corrected chi connectivity index (χ4v) is 2.99. The van der Waals surface area contributed by atoms with Gasteiger partial charge < -0.3 is 15.0 Å². The third kappa shape index (κ3) is 3.30. The lowest BCUT2D eigenvalue weighted by Gasteiger charge is -2.22. The van der Waals surface area contributed by atoms with Crippen LogP contribution in [0, 0.1) is 16.0 Å². The van der Waals surface area contributed by atoms with Gasteiger partial charge in [-0.1, -0.05) is 13.8 Å². The predicted molar refractivity (Wildman–Crippen MR) is 88.1 cm³/mol. The number of phenols is 1. The lowest BCUT2D eigenvalue weighted by molar-refractivity contribution is -0.385. The lowest BCUT2D eigenvalue weighted by atomic mass is 10.0. The molecule has 3 rings (SSSR count). The van der Waals surface area contributed by atoms with Gasteiger partial charge in [0, 0.05) is 24.6 Å². The highest BCUT2D eigenvalue weighted by Crippen LogP contribution is 2.26. The number of phenolic OH excluding ortho intramolecular Hbond substituents is 1. The first-order valence-electron chi connectivity index (χ1n) is 8.08. The Morgan fingerprint density at radius 2 is 2.12 bits per heavy atom. The molecule has 0 saturated heterocycles. The summed E-state index contributed by atoms with van der Waals surface area (Å²) in [4.78, 5) is 22.8. The fraction of sp³-hybridized carbons (Fsp3) is 0.438. The highest BCUT2D eigenvalue weighted by Gasteiger charge is 2.28. The van der Waals surface area contributed by atoms with Crippen molar-refractivity contribution in [3.63, 3.8) is 0 Å². The highest BCUT2D eigenvalue weighted by molar-refractivity contribution is 5.95. The van der Waals surface area contributed by atoms with E-state index < -0.39 is 10.8 Å². The number of rotatable bonds is 5. The molecule has 9 nitrogen and oxygen atoms in total. The van der Waals surface area contributed by atoms with Crippen molar-refractivity contribution in [2.24, 2.45) is 5.92 Å². The van der Waals surface area contributed by atoms with Crippen LogP contribution in [0.15, 0.2) is 18.2 Å². The van der Waals surface area contributed by atoms with Crippen LogP contribution >= 0.6 is 0 Å². The average molecular weight is 345 g/mol. The van der Waals surface area contributed by atoms with E-state index in [1.165, 1.54) is 6.07 Å². The normalized spacial score (nSPS) is 14.4. The number of carbonyl (C=O) groups is 1. The smallest absolute Gasteiger partial charge is 0.273 e. The van der Waals surface area contributed by atoms with Crippen molar-refractivity contribution in [2.45, 2.75) is 39.3 Å². The van der Waals surface area contributed by atoms with Crippen molar-refractivity contribution >= 4 is 11.6 Å². The molecule has 1 aromatic heterocycles. The van der Waals surface area contributed by atoms with E-state index in [9.17, 15) is 20.0 Å². The van der Waals surface area contributed by atoms with Gasteiger partial charge in [0.15, 0.2) is 5.82 Å². The topological polar surface area (TPSA) is 123 Å². The number of amides is 1. The summed E-state index contributed by atoms with van der Waals surface area (Å²) in [5.74, 6) is 0.801. The van der Waals surface area contributed by atoms with E-state index in [1.807, 2.05) is 18.4 Å². The fourth-order valence-electron chi connectivity index (χ4n) is 2.99. The maximum atomic E-state index is 12.6. The molecule has 0 bridgehead atoms. The van der Waals surface area contributed by atoms with Crippen molar-refractivity contribution in [1.82, 2.24) is 20.1 Å². The number of fused-ring (bicyclic) bond motifs is 1. The Bertz CT molecular complexity index is 830. The molecule has 0 saturated carbocycles. The largest absolute Gasteiger partial charge is 0.508 e. The number of aromatic nitrogens is 3. The maximum absolute atomic E-state index is 12.6. The van der Waals surface area contributed by atoms with E-state index in [2.05, 4.69) is 15.5 Å². The molecule has 0 aliphatic carbocycles. The summed E-state index contributed by atoms with van der Waals surface area (Å²) < 4.78 is 2.01. The molecular formula is C16H19N5O4. The Hall–Kier alpha value is -2.97. The number of non-ortho nitro benzene ring substituents is 1. The summed E-state index contributed by atoms with van der Waals surface area (Å²) >= 11 is 0. The molecule has 9 heteroatoms. The van der Waals surface area contributed by atoms with Crippen LogP contribution in [-0.2, 0) is 13.0 Å². The third-order valence-electron chi connectivity index (χ3n) is 4.25. The lowest BCUT2D eigenvalue weighted by Crippen LogP contribution is -2.33. The number of nitro benzene ring substituents is 1. The molecule has 0 spiro atoms. The summed E-state index contributed by atoms with van der Waals surface area (Å²) in [5, 5.41) is 31.8. The molecule has 1 atom stereocenters. The molecule has 2 heterocycles. The van der Waals surface area contributed by atoms with Crippen molar-refractivity contribution in [1.29, 1.82) is 0 Å². The predicted octanol–water partition coefficient (Wildman–Crippen LogP) is 1.97. The number of aryl methyl sites for hydroxylation is 1. The van der Waals surface area contributed by atoms with E-state index in [0.29, 0.717) is 5.82 Å². The maximum Gasteiger partial charge on any atom is 0.273 e. The zero-order chi connectivity index (χ0) is 18.1. The van der Waals surface area contributed by atoms with Crippen molar-refractivity contribution in [2.75, 3.05) is 0 Å². The summed E-state index contributed by atoms with van der Waals surface area (Å²) in [5.41, 5.74) is -0.312. The van der Waals surface area contributed by atoms with Crippen LogP contribution in [0.2, 0.25) is 0 Å². The van der Waals surface area contributed by atoms with Crippen molar-refractivity contribution < 1.29 is 14.8 Å². The number of nitrogens with zero attached hydrogens (tertiary/aromatic N) is 4. The Balaban J connectivity index is 1.88. The molecule has 132 valence electrons. The summed E-state index contributed by atoms with van der Waals surface area (Å²) in [7, 11) is 0. The Morgan fingerprint density at radius 1 is 1.36 bits per heavy atom. The summed E-state index contributed by atoms with van der Waals surface area (Å²) in [6.45, 7) is 4.72. The van der Waals surface area contributed by atoms with Crippen LogP contribution in [-0.4, -0.2) is 30.7 Å². The molecule has 25 heavy (non-hydrogen) atoms. The number of nitrogens with one attached hydrogen (secondary N) is 1. The second-order valence-corrected chi connectivity index (χ2v) is 6.42. The van der Waals surface area contributed by atoms with Crippen LogP contribution in [0.1, 0.15) is 48.3 Å². The number of carbonyl (C=O) groups excluding carboxylic acids is 1. The standard InChI is InChI=1S/C16H19N5O4/c1-9(2)14(15-19-18-13-4-3-5-20(13)15)17-16(23)10-6-11(21(24)25)8-12(22)7-10/h6-9,14,22H,3-5H2,1-2H3,(H,17,23)/t14-/m0/s1. The quantitative estimate of drug-likeness (QED) is 0.631. The van der Waals surface area contributed by atoms with Gasteiger partial charge in [-0.2, -0.15) is 0 Å². The van der Waals surface area contributed by atoms with E-state index in [-0.39, 0.29) is 29.0 Å². The zero-order valence-corrected chi connectivity index (χ0v) is 14.0. The molecule has 2 N–H and O–H groups in total. The van der Waals surface area contributed by atoms with Crippen molar-refractivity contribution in [3.8, 4) is 5.75 Å². The van der Waals surface area contributed by atoms with E-state index >= 15 is 0 Å². The van der Waals surface area contributed by atoms with Crippen molar-refractivity contribution in [3.05, 3.63) is 45.5 Å². The molecule has 1 aliphatic heterocycles. The Labute approximate surface area is 143 Å². The molecule has 1 aromatic carbocycles. The minimum atomic E-state index is -0.651. The molecule has 0 radical (unpaired) electrons. The van der Waals surface area contributed by atoms with Gasteiger partial charge in [-0.15, -0.1) is 10.2 Å². The number of aromatic hydroxyl groups is 1. The first-order chi connectivity index (χ1) is 11.9. The van der Waals surface area contributed by atoms with Gasteiger partial charge in [-0.05, 0) is 18.4 Å². The minimum absolute atomic E-state index is 0.0264. The van der Waals surface area contributed by atoms with Gasteiger partial charge in [0.2, 0.25) is 0 Å². The third-order valence-corrected chi connectivity index (χ3v) is 4.25. The Morgan fingerprint density at radius 3 is 2.80 bits per heavy atom. The number of hydrogen-bond acceptors (Lipinski definition) is 6. The van der Waals surface area contributed by atoms with Gasteiger partial charge >= 0.3 is 0 Å². The number of benzene rings is 1. The molecule has 0 fully saturated rings. The van der Waals surface area contributed by atoms with E-state index in [0.717, 1.165) is 37.3 Å². The first kappa shape index (κ1) is 16.9. The highest BCUT2D eigenvalue weighted by atomic mass is 16.6. The van der Waals surface area contributed by atoms with Crippen LogP contribution in [0.4, 0.5) is 5.69 Å². The second kappa shape index (κ2) is 6.50. The Kier molecular flexibility index (Phi) is 4.39. The SMILES string of the molecule is CC(C)[C@H](NC(=O)c1cc(O)cc([N+](=O)[O-])c1)c1nnc2n1CCC2. The molecule has 2 aromatic rings. The van der Waals surface area contributed by atoms with Gasteiger partial charge in [0.05, 0.1) is 17.0 Å².